The van der Waals surface area contributed by atoms with Crippen LogP contribution in [0.15, 0.2) is 24.3 Å². The van der Waals surface area contributed by atoms with Crippen LogP contribution in [0.1, 0.15) is 25.2 Å². The van der Waals surface area contributed by atoms with E-state index in [0.29, 0.717) is 17.3 Å². The Morgan fingerprint density at radius 1 is 1.32 bits per heavy atom. The molecule has 0 atom stereocenters. The molecule has 1 aromatic carbocycles. The molecule has 0 unspecified atom stereocenters. The molecule has 5 heteroatoms. The summed E-state index contributed by atoms with van der Waals surface area (Å²) in [5.41, 5.74) is 2.55. The van der Waals surface area contributed by atoms with E-state index in [-0.39, 0.29) is 5.82 Å². The van der Waals surface area contributed by atoms with Crippen molar-refractivity contribution in [1.82, 2.24) is 9.78 Å². The second-order valence-corrected chi connectivity index (χ2v) is 4.71. The molecule has 0 spiro atoms. The Hall–Kier alpha value is -1.55. The van der Waals surface area contributed by atoms with E-state index in [1.165, 1.54) is 6.07 Å². The number of nitrogens with zero attached hydrogens (tertiary/aromatic N) is 2. The van der Waals surface area contributed by atoms with Crippen molar-refractivity contribution in [3.05, 3.63) is 46.5 Å². The van der Waals surface area contributed by atoms with Crippen molar-refractivity contribution in [1.29, 1.82) is 0 Å². The van der Waals surface area contributed by atoms with Gasteiger partial charge in [0.1, 0.15) is 5.82 Å². The van der Waals surface area contributed by atoms with Crippen LogP contribution in [-0.4, -0.2) is 9.78 Å². The summed E-state index contributed by atoms with van der Waals surface area (Å²) in [5.74, 6) is -0.342. The van der Waals surface area contributed by atoms with Crippen molar-refractivity contribution in [2.45, 2.75) is 33.4 Å². The highest BCUT2D eigenvalue weighted by atomic mass is 35.5. The van der Waals surface area contributed by atoms with Gasteiger partial charge in [-0.05, 0) is 37.6 Å². The highest BCUT2D eigenvalue weighted by molar-refractivity contribution is 6.30. The highest BCUT2D eigenvalue weighted by Gasteiger charge is 2.07. The topological polar surface area (TPSA) is 29.9 Å². The average Bonchev–Trinajstić information content (AvgIpc) is 2.80. The number of hydrogen-bond acceptors (Lipinski definition) is 2. The van der Waals surface area contributed by atoms with Crippen molar-refractivity contribution in [2.24, 2.45) is 0 Å². The van der Waals surface area contributed by atoms with Gasteiger partial charge in [-0.3, -0.25) is 4.68 Å². The van der Waals surface area contributed by atoms with Crippen molar-refractivity contribution in [2.75, 3.05) is 5.32 Å². The van der Waals surface area contributed by atoms with Crippen LogP contribution in [0.4, 0.5) is 10.1 Å². The fourth-order valence-corrected chi connectivity index (χ4v) is 2.08. The van der Waals surface area contributed by atoms with Crippen molar-refractivity contribution in [3.8, 4) is 0 Å². The molecule has 0 aliphatic heterocycles. The molecule has 0 amide bonds. The van der Waals surface area contributed by atoms with Gasteiger partial charge in [-0.1, -0.05) is 18.5 Å². The van der Waals surface area contributed by atoms with Crippen molar-refractivity contribution < 1.29 is 4.39 Å². The summed E-state index contributed by atoms with van der Waals surface area (Å²) in [6.45, 7) is 5.46. The Morgan fingerprint density at radius 2 is 2.11 bits per heavy atom. The molecule has 0 aliphatic carbocycles. The lowest BCUT2D eigenvalue weighted by Crippen LogP contribution is -2.08. The van der Waals surface area contributed by atoms with Crippen LogP contribution >= 0.6 is 11.6 Å². The SMILES string of the molecule is CCc1cc(CNc2ccc(Cl)cc2F)n(CC)n1. The zero-order chi connectivity index (χ0) is 13.8. The standard InChI is InChI=1S/C14H17ClFN3/c1-3-11-8-12(19(4-2)18-11)9-17-14-6-5-10(15)7-13(14)16/h5-8,17H,3-4,9H2,1-2H3. The molecule has 0 saturated heterocycles. The van der Waals surface area contributed by atoms with Gasteiger partial charge in [0.25, 0.3) is 0 Å². The van der Waals surface area contributed by atoms with Crippen LogP contribution in [0, 0.1) is 5.82 Å². The fourth-order valence-electron chi connectivity index (χ4n) is 1.92. The Bertz CT molecular complexity index is 566. The van der Waals surface area contributed by atoms with E-state index in [1.807, 2.05) is 17.7 Å². The molecule has 3 nitrogen and oxygen atoms in total. The maximum Gasteiger partial charge on any atom is 0.147 e. The summed E-state index contributed by atoms with van der Waals surface area (Å²) < 4.78 is 15.6. The third kappa shape index (κ3) is 3.26. The smallest absolute Gasteiger partial charge is 0.147 e. The number of aryl methyl sites for hydroxylation is 2. The van der Waals surface area contributed by atoms with E-state index in [2.05, 4.69) is 17.3 Å². The maximum atomic E-state index is 13.6. The first-order valence-electron chi connectivity index (χ1n) is 6.38. The summed E-state index contributed by atoms with van der Waals surface area (Å²) in [6.07, 6.45) is 0.898. The van der Waals surface area contributed by atoms with Gasteiger partial charge < -0.3 is 5.32 Å². The molecule has 1 aromatic heterocycles. The molecule has 0 bridgehead atoms. The Kier molecular flexibility index (Phi) is 4.43. The second kappa shape index (κ2) is 6.06. The lowest BCUT2D eigenvalue weighted by molar-refractivity contribution is 0.614. The number of halogens is 2. The summed E-state index contributed by atoms with van der Waals surface area (Å²) >= 11 is 5.72. The normalized spacial score (nSPS) is 10.7. The number of anilines is 1. The maximum absolute atomic E-state index is 13.6. The summed E-state index contributed by atoms with van der Waals surface area (Å²) in [7, 11) is 0. The van der Waals surface area contributed by atoms with Gasteiger partial charge in [0.2, 0.25) is 0 Å². The number of rotatable bonds is 5. The zero-order valence-corrected chi connectivity index (χ0v) is 11.8. The van der Waals surface area contributed by atoms with E-state index in [0.717, 1.165) is 24.4 Å². The molecule has 2 rings (SSSR count). The molecule has 0 saturated carbocycles. The van der Waals surface area contributed by atoms with Crippen LogP contribution in [-0.2, 0) is 19.5 Å². The number of benzene rings is 1. The predicted octanol–water partition coefficient (Wildman–Crippen LogP) is 3.87. The third-order valence-electron chi connectivity index (χ3n) is 2.97. The largest absolute Gasteiger partial charge is 0.377 e. The summed E-state index contributed by atoms with van der Waals surface area (Å²) in [6, 6.07) is 6.66. The third-order valence-corrected chi connectivity index (χ3v) is 3.20. The minimum Gasteiger partial charge on any atom is -0.377 e. The van der Waals surface area contributed by atoms with Crippen LogP contribution in [0.5, 0.6) is 0 Å². The highest BCUT2D eigenvalue weighted by Crippen LogP contribution is 2.19. The van der Waals surface area contributed by atoms with Crippen LogP contribution in [0.3, 0.4) is 0 Å². The summed E-state index contributed by atoms with van der Waals surface area (Å²) in [4.78, 5) is 0. The van der Waals surface area contributed by atoms with Gasteiger partial charge in [0, 0.05) is 11.6 Å². The Labute approximate surface area is 117 Å². The molecular formula is C14H17ClFN3. The minimum atomic E-state index is -0.342. The van der Waals surface area contributed by atoms with Gasteiger partial charge in [0.15, 0.2) is 0 Å². The van der Waals surface area contributed by atoms with E-state index >= 15 is 0 Å². The molecule has 1 N–H and O–H groups in total. The predicted molar refractivity (Wildman–Crippen MR) is 76.0 cm³/mol. The quantitative estimate of drug-likeness (QED) is 0.902. The molecule has 1 heterocycles. The molecule has 0 aliphatic rings. The van der Waals surface area contributed by atoms with Gasteiger partial charge in [0.05, 0.1) is 23.6 Å². The molecule has 2 aromatic rings. The van der Waals surface area contributed by atoms with Crippen molar-refractivity contribution >= 4 is 17.3 Å². The van der Waals surface area contributed by atoms with Gasteiger partial charge in [-0.2, -0.15) is 5.10 Å². The van der Waals surface area contributed by atoms with Crippen LogP contribution < -0.4 is 5.32 Å². The van der Waals surface area contributed by atoms with Gasteiger partial charge in [-0.25, -0.2) is 4.39 Å². The molecule has 19 heavy (non-hydrogen) atoms. The van der Waals surface area contributed by atoms with E-state index in [9.17, 15) is 4.39 Å². The first-order valence-corrected chi connectivity index (χ1v) is 6.76. The second-order valence-electron chi connectivity index (χ2n) is 4.27. The average molecular weight is 282 g/mol. The van der Waals surface area contributed by atoms with Crippen LogP contribution in [0.25, 0.3) is 0 Å². The first kappa shape index (κ1) is 13.9. The zero-order valence-electron chi connectivity index (χ0n) is 11.1. The van der Waals surface area contributed by atoms with Crippen molar-refractivity contribution in [3.63, 3.8) is 0 Å². The van der Waals surface area contributed by atoms with E-state index in [4.69, 9.17) is 11.6 Å². The van der Waals surface area contributed by atoms with E-state index < -0.39 is 0 Å². The van der Waals surface area contributed by atoms with Crippen LogP contribution in [0.2, 0.25) is 5.02 Å². The summed E-state index contributed by atoms with van der Waals surface area (Å²) in [5, 5.41) is 7.93. The Morgan fingerprint density at radius 3 is 2.74 bits per heavy atom. The Balaban J connectivity index is 2.11. The fraction of sp³-hybridized carbons (Fsp3) is 0.357. The molecule has 0 radical (unpaired) electrons. The number of hydrogen-bond donors (Lipinski definition) is 1. The lowest BCUT2D eigenvalue weighted by Gasteiger charge is -2.09. The number of aromatic nitrogens is 2. The number of nitrogens with one attached hydrogen (secondary N) is 1. The van der Waals surface area contributed by atoms with E-state index in [1.54, 1.807) is 12.1 Å². The lowest BCUT2D eigenvalue weighted by atomic mass is 10.2. The molecule has 0 fully saturated rings. The van der Waals surface area contributed by atoms with Gasteiger partial charge in [-0.15, -0.1) is 0 Å². The first-order chi connectivity index (χ1) is 9.13. The minimum absolute atomic E-state index is 0.342. The molecule has 102 valence electrons. The molecular weight excluding hydrogens is 265 g/mol. The van der Waals surface area contributed by atoms with Gasteiger partial charge >= 0.3 is 0 Å². The monoisotopic (exact) mass is 281 g/mol.